The topological polar surface area (TPSA) is 115 Å². The summed E-state index contributed by atoms with van der Waals surface area (Å²) in [6.45, 7) is 0.447. The molecule has 0 aliphatic rings. The van der Waals surface area contributed by atoms with Crippen molar-refractivity contribution in [3.05, 3.63) is 132 Å². The highest BCUT2D eigenvalue weighted by atomic mass is 16.4. The first-order valence-electron chi connectivity index (χ1n) is 13.2. The maximum absolute atomic E-state index is 12.8. The Kier molecular flexibility index (Phi) is 7.31. The van der Waals surface area contributed by atoms with Gasteiger partial charge >= 0.3 is 11.8 Å². The third kappa shape index (κ3) is 5.74. The predicted octanol–water partition coefficient (Wildman–Crippen LogP) is 4.98. The van der Waals surface area contributed by atoms with E-state index in [1.807, 2.05) is 102 Å². The highest BCUT2D eigenvalue weighted by molar-refractivity contribution is 5.94. The first-order valence-corrected chi connectivity index (χ1v) is 13.2. The Morgan fingerprint density at radius 1 is 0.707 bits per heavy atom. The van der Waals surface area contributed by atoms with Crippen LogP contribution in [0.2, 0.25) is 0 Å². The van der Waals surface area contributed by atoms with E-state index in [4.69, 9.17) is 9.40 Å². The predicted molar refractivity (Wildman–Crippen MR) is 154 cm³/mol. The number of para-hydroxylation sites is 3. The van der Waals surface area contributed by atoms with Crippen molar-refractivity contribution in [1.82, 2.24) is 30.4 Å². The van der Waals surface area contributed by atoms with Gasteiger partial charge in [-0.25, -0.2) is 4.98 Å². The Morgan fingerprint density at radius 3 is 2.17 bits per heavy atom. The Bertz CT molecular complexity index is 1790. The van der Waals surface area contributed by atoms with Gasteiger partial charge in [-0.3, -0.25) is 14.2 Å². The van der Waals surface area contributed by atoms with Gasteiger partial charge in [0.15, 0.2) is 0 Å². The van der Waals surface area contributed by atoms with Gasteiger partial charge in [0.05, 0.1) is 17.6 Å². The number of carbonyl (C=O) groups is 2. The van der Waals surface area contributed by atoms with Crippen LogP contribution in [-0.4, -0.2) is 38.1 Å². The minimum absolute atomic E-state index is 0.148. The number of carbonyl (C=O) groups excluding carboxylic acids is 2. The minimum atomic E-state index is -0.502. The number of benzene rings is 4. The summed E-state index contributed by atoms with van der Waals surface area (Å²) in [5.41, 5.74) is 5.39. The van der Waals surface area contributed by atoms with E-state index in [1.54, 1.807) is 12.1 Å². The van der Waals surface area contributed by atoms with Gasteiger partial charge in [0, 0.05) is 24.2 Å². The van der Waals surface area contributed by atoms with Crippen LogP contribution in [0.3, 0.4) is 0 Å². The number of amides is 2. The van der Waals surface area contributed by atoms with Gasteiger partial charge in [-0.05, 0) is 47.5 Å². The fourth-order valence-corrected chi connectivity index (χ4v) is 4.57. The van der Waals surface area contributed by atoms with Crippen molar-refractivity contribution in [3.63, 3.8) is 0 Å². The van der Waals surface area contributed by atoms with Crippen molar-refractivity contribution in [3.8, 4) is 16.8 Å². The van der Waals surface area contributed by atoms with Gasteiger partial charge in [0.25, 0.3) is 5.91 Å². The average Bonchev–Trinajstić information content (AvgIpc) is 3.66. The summed E-state index contributed by atoms with van der Waals surface area (Å²) < 4.78 is 7.55. The fraction of sp³-hybridized carbons (Fsp3) is 0.0938. The lowest BCUT2D eigenvalue weighted by Crippen LogP contribution is -2.25. The second-order valence-corrected chi connectivity index (χ2v) is 9.32. The second kappa shape index (κ2) is 11.7. The summed E-state index contributed by atoms with van der Waals surface area (Å²) >= 11 is 0. The molecule has 0 aliphatic heterocycles. The molecular weight excluding hydrogens is 516 g/mol. The highest BCUT2D eigenvalue weighted by Gasteiger charge is 2.18. The molecule has 4 aromatic carbocycles. The molecule has 0 atom stereocenters. The lowest BCUT2D eigenvalue weighted by molar-refractivity contribution is 0.0910. The number of rotatable bonds is 9. The summed E-state index contributed by atoms with van der Waals surface area (Å²) in [6, 6.07) is 35.0. The number of nitrogens with one attached hydrogen (secondary N) is 2. The Hall–Kier alpha value is -5.57. The van der Waals surface area contributed by atoms with Crippen LogP contribution in [0.5, 0.6) is 0 Å². The Labute approximate surface area is 235 Å². The molecule has 0 saturated carbocycles. The van der Waals surface area contributed by atoms with E-state index in [2.05, 4.69) is 20.8 Å². The van der Waals surface area contributed by atoms with Crippen molar-refractivity contribution in [2.45, 2.75) is 13.0 Å². The van der Waals surface area contributed by atoms with E-state index in [-0.39, 0.29) is 37.2 Å². The summed E-state index contributed by atoms with van der Waals surface area (Å²) in [5, 5.41) is 13.5. The van der Waals surface area contributed by atoms with E-state index in [1.165, 1.54) is 0 Å². The van der Waals surface area contributed by atoms with E-state index >= 15 is 0 Å². The maximum atomic E-state index is 12.8. The second-order valence-electron chi connectivity index (χ2n) is 9.32. The third-order valence-electron chi connectivity index (χ3n) is 6.59. The number of hydrogen-bond donors (Lipinski definition) is 2. The molecular formula is C32H26N6O3. The quantitative estimate of drug-likeness (QED) is 0.266. The molecule has 202 valence electrons. The Morgan fingerprint density at radius 2 is 1.39 bits per heavy atom. The highest BCUT2D eigenvalue weighted by Crippen LogP contribution is 2.22. The molecule has 0 fully saturated rings. The van der Waals surface area contributed by atoms with Crippen LogP contribution < -0.4 is 10.6 Å². The molecule has 2 aromatic heterocycles. The van der Waals surface area contributed by atoms with Crippen LogP contribution in [-0.2, 0) is 13.0 Å². The maximum Gasteiger partial charge on any atom is 0.309 e. The molecule has 9 nitrogen and oxygen atoms in total. The van der Waals surface area contributed by atoms with Crippen molar-refractivity contribution in [2.75, 3.05) is 6.54 Å². The summed E-state index contributed by atoms with van der Waals surface area (Å²) in [4.78, 5) is 30.0. The molecule has 6 rings (SSSR count). The number of imidazole rings is 1. The van der Waals surface area contributed by atoms with Crippen LogP contribution in [0.1, 0.15) is 32.8 Å². The molecule has 0 bridgehead atoms. The molecule has 0 radical (unpaired) electrons. The minimum Gasteiger partial charge on any atom is -0.417 e. The van der Waals surface area contributed by atoms with Crippen molar-refractivity contribution >= 4 is 22.8 Å². The van der Waals surface area contributed by atoms with Crippen molar-refractivity contribution in [2.24, 2.45) is 0 Å². The summed E-state index contributed by atoms with van der Waals surface area (Å²) in [6.07, 6.45) is 0.290. The van der Waals surface area contributed by atoms with Gasteiger partial charge in [-0.2, -0.15) is 0 Å². The van der Waals surface area contributed by atoms with Gasteiger partial charge in [0.2, 0.25) is 5.89 Å². The van der Waals surface area contributed by atoms with E-state index in [9.17, 15) is 9.59 Å². The average molecular weight is 543 g/mol. The van der Waals surface area contributed by atoms with E-state index < -0.39 is 5.91 Å². The van der Waals surface area contributed by atoms with Gasteiger partial charge in [-0.15, -0.1) is 10.2 Å². The zero-order valence-corrected chi connectivity index (χ0v) is 22.0. The van der Waals surface area contributed by atoms with Crippen LogP contribution >= 0.6 is 0 Å². The normalized spacial score (nSPS) is 10.9. The lowest BCUT2D eigenvalue weighted by atomic mass is 10.0. The molecule has 2 heterocycles. The molecule has 9 heteroatoms. The number of aromatic nitrogens is 4. The zero-order valence-electron chi connectivity index (χ0n) is 22.0. The van der Waals surface area contributed by atoms with Crippen LogP contribution in [0, 0.1) is 0 Å². The molecule has 6 aromatic rings. The standard InChI is InChI=1S/C32H26N6O3/c39-30(24-17-15-23(16-18-24)22-9-3-1-4-10-22)33-20-19-29-36-37-32(41-29)31(40)34-21-28-35-26-13-7-8-14-27(26)38(28)25-11-5-2-6-12-25/h1-18H,19-21H2,(H,33,39)(H,34,40). The van der Waals surface area contributed by atoms with Crippen LogP contribution in [0.15, 0.2) is 114 Å². The SMILES string of the molecule is O=C(NCCc1nnc(C(=O)NCc2nc3ccccc3n2-c2ccccc2)o1)c1ccc(-c2ccccc2)cc1. The van der Waals surface area contributed by atoms with Crippen molar-refractivity contribution < 1.29 is 14.0 Å². The molecule has 0 saturated heterocycles. The molecule has 0 unspecified atom stereocenters. The molecule has 2 N–H and O–H groups in total. The summed E-state index contributed by atoms with van der Waals surface area (Å²) in [5.74, 6) is 0.0722. The van der Waals surface area contributed by atoms with E-state index in [0.29, 0.717) is 11.4 Å². The zero-order chi connectivity index (χ0) is 28.0. The number of nitrogens with zero attached hydrogens (tertiary/aromatic N) is 4. The van der Waals surface area contributed by atoms with Gasteiger partial charge < -0.3 is 15.1 Å². The van der Waals surface area contributed by atoms with Gasteiger partial charge in [-0.1, -0.05) is 72.8 Å². The molecule has 41 heavy (non-hydrogen) atoms. The largest absolute Gasteiger partial charge is 0.417 e. The van der Waals surface area contributed by atoms with Crippen LogP contribution in [0.4, 0.5) is 0 Å². The molecule has 0 spiro atoms. The first kappa shape index (κ1) is 25.7. The third-order valence-corrected chi connectivity index (χ3v) is 6.59. The monoisotopic (exact) mass is 542 g/mol. The summed E-state index contributed by atoms with van der Waals surface area (Å²) in [7, 11) is 0. The molecule has 0 aliphatic carbocycles. The lowest BCUT2D eigenvalue weighted by Gasteiger charge is -2.09. The first-order chi connectivity index (χ1) is 20.2. The number of fused-ring (bicyclic) bond motifs is 1. The molecule has 2 amide bonds. The van der Waals surface area contributed by atoms with E-state index in [0.717, 1.165) is 27.8 Å². The van der Waals surface area contributed by atoms with Crippen molar-refractivity contribution in [1.29, 1.82) is 0 Å². The van der Waals surface area contributed by atoms with Gasteiger partial charge in [0.1, 0.15) is 5.82 Å². The fourth-order valence-electron chi connectivity index (χ4n) is 4.57. The smallest absolute Gasteiger partial charge is 0.309 e. The van der Waals surface area contributed by atoms with Crippen LogP contribution in [0.25, 0.3) is 27.8 Å². The Balaban J connectivity index is 1.04. The number of hydrogen-bond acceptors (Lipinski definition) is 6.